The topological polar surface area (TPSA) is 41.6 Å². The second kappa shape index (κ2) is 7.46. The maximum atomic E-state index is 12.6. The fourth-order valence-electron chi connectivity index (χ4n) is 2.85. The Kier molecular flexibility index (Phi) is 5.62. The summed E-state index contributed by atoms with van der Waals surface area (Å²) in [5.74, 6) is 1.08. The molecular weight excluding hydrogens is 264 g/mol. The Labute approximate surface area is 127 Å². The van der Waals surface area contributed by atoms with Gasteiger partial charge in [0.2, 0.25) is 5.91 Å². The molecule has 0 bridgehead atoms. The molecule has 0 radical (unpaired) electrons. The van der Waals surface area contributed by atoms with E-state index >= 15 is 0 Å². The van der Waals surface area contributed by atoms with Crippen molar-refractivity contribution in [3.63, 3.8) is 0 Å². The fraction of sp³-hybridized carbons (Fsp3) is 0.588. The monoisotopic (exact) mass is 290 g/mol. The number of benzene rings is 1. The van der Waals surface area contributed by atoms with Gasteiger partial charge < -0.3 is 15.0 Å². The van der Waals surface area contributed by atoms with E-state index in [1.54, 1.807) is 7.11 Å². The Hall–Kier alpha value is -1.55. The number of piperidine rings is 1. The van der Waals surface area contributed by atoms with Gasteiger partial charge in [0.25, 0.3) is 0 Å². The molecule has 2 rings (SSSR count). The number of carbonyl (C=O) groups excluding carboxylic acids is 1. The van der Waals surface area contributed by atoms with E-state index in [0.717, 1.165) is 43.7 Å². The third kappa shape index (κ3) is 3.76. The summed E-state index contributed by atoms with van der Waals surface area (Å²) in [6, 6.07) is 8.08. The third-order valence-corrected chi connectivity index (χ3v) is 4.18. The van der Waals surface area contributed by atoms with E-state index in [-0.39, 0.29) is 18.0 Å². The van der Waals surface area contributed by atoms with Crippen LogP contribution in [0.15, 0.2) is 24.3 Å². The summed E-state index contributed by atoms with van der Waals surface area (Å²) in [4.78, 5) is 14.6. The van der Waals surface area contributed by atoms with Gasteiger partial charge in [0.05, 0.1) is 19.2 Å². The molecule has 1 fully saturated rings. The van der Waals surface area contributed by atoms with E-state index < -0.39 is 0 Å². The molecule has 1 aliphatic heterocycles. The summed E-state index contributed by atoms with van der Waals surface area (Å²) >= 11 is 0. The van der Waals surface area contributed by atoms with Crippen LogP contribution in [-0.4, -0.2) is 37.0 Å². The number of hydrogen-bond acceptors (Lipinski definition) is 3. The van der Waals surface area contributed by atoms with Gasteiger partial charge >= 0.3 is 0 Å². The molecule has 2 unspecified atom stereocenters. The Morgan fingerprint density at radius 2 is 2.10 bits per heavy atom. The maximum absolute atomic E-state index is 12.6. The molecule has 4 heteroatoms. The quantitative estimate of drug-likeness (QED) is 0.876. The molecule has 21 heavy (non-hydrogen) atoms. The second-order valence-corrected chi connectivity index (χ2v) is 5.63. The molecule has 1 aromatic rings. The van der Waals surface area contributed by atoms with Crippen molar-refractivity contribution in [3.05, 3.63) is 29.8 Å². The minimum absolute atomic E-state index is 0.0144. The highest BCUT2D eigenvalue weighted by Crippen LogP contribution is 2.26. The van der Waals surface area contributed by atoms with Gasteiger partial charge in [-0.1, -0.05) is 19.1 Å². The van der Waals surface area contributed by atoms with Gasteiger partial charge in [-0.2, -0.15) is 0 Å². The zero-order valence-electron chi connectivity index (χ0n) is 13.3. The number of rotatable bonds is 6. The molecule has 2 atom stereocenters. The fourth-order valence-corrected chi connectivity index (χ4v) is 2.85. The summed E-state index contributed by atoms with van der Waals surface area (Å²) in [5, 5.41) is 3.36. The summed E-state index contributed by atoms with van der Waals surface area (Å²) in [5.41, 5.74) is 1.15. The van der Waals surface area contributed by atoms with Crippen molar-refractivity contribution in [3.8, 4) is 5.75 Å². The summed E-state index contributed by atoms with van der Waals surface area (Å²) in [6.07, 6.45) is 3.07. The molecular formula is C17H26N2O2. The van der Waals surface area contributed by atoms with Gasteiger partial charge in [-0.3, -0.25) is 4.79 Å². The number of carbonyl (C=O) groups is 1. The normalized spacial score (nSPS) is 20.4. The Morgan fingerprint density at radius 3 is 2.71 bits per heavy atom. The molecule has 0 aromatic heterocycles. The Balaban J connectivity index is 2.06. The first-order valence-electron chi connectivity index (χ1n) is 7.85. The first-order valence-corrected chi connectivity index (χ1v) is 7.85. The van der Waals surface area contributed by atoms with Crippen LogP contribution in [0.2, 0.25) is 0 Å². The van der Waals surface area contributed by atoms with Crippen LogP contribution in [0.1, 0.15) is 44.7 Å². The standard InChI is InChI=1S/C17H26N2O2/c1-4-11-18-16-6-5-12-19(17(16)20)13(2)14-7-9-15(21-3)10-8-14/h7-10,13,16,18H,4-6,11-12H2,1-3H3. The first-order chi connectivity index (χ1) is 10.2. The molecule has 4 nitrogen and oxygen atoms in total. The van der Waals surface area contributed by atoms with Crippen molar-refractivity contribution < 1.29 is 9.53 Å². The largest absolute Gasteiger partial charge is 0.497 e. The average molecular weight is 290 g/mol. The van der Waals surface area contributed by atoms with Crippen LogP contribution >= 0.6 is 0 Å². The number of nitrogens with one attached hydrogen (secondary N) is 1. The first kappa shape index (κ1) is 15.8. The lowest BCUT2D eigenvalue weighted by atomic mass is 9.99. The molecule has 0 aliphatic carbocycles. The number of hydrogen-bond donors (Lipinski definition) is 1. The maximum Gasteiger partial charge on any atom is 0.240 e. The Morgan fingerprint density at radius 1 is 1.38 bits per heavy atom. The van der Waals surface area contributed by atoms with Crippen LogP contribution < -0.4 is 10.1 Å². The zero-order valence-corrected chi connectivity index (χ0v) is 13.3. The molecule has 1 aliphatic rings. The van der Waals surface area contributed by atoms with Crippen molar-refractivity contribution >= 4 is 5.91 Å². The molecule has 1 N–H and O–H groups in total. The van der Waals surface area contributed by atoms with Gasteiger partial charge in [-0.05, 0) is 50.4 Å². The van der Waals surface area contributed by atoms with Crippen molar-refractivity contribution in [1.29, 1.82) is 0 Å². The van der Waals surface area contributed by atoms with Gasteiger partial charge in [-0.15, -0.1) is 0 Å². The third-order valence-electron chi connectivity index (χ3n) is 4.18. The number of ether oxygens (including phenoxy) is 1. The van der Waals surface area contributed by atoms with Crippen LogP contribution in [0, 0.1) is 0 Å². The lowest BCUT2D eigenvalue weighted by molar-refractivity contribution is -0.138. The van der Waals surface area contributed by atoms with Crippen LogP contribution in [0.5, 0.6) is 5.75 Å². The number of amides is 1. The van der Waals surface area contributed by atoms with E-state index in [4.69, 9.17) is 4.74 Å². The van der Waals surface area contributed by atoms with Crippen LogP contribution in [0.25, 0.3) is 0 Å². The zero-order chi connectivity index (χ0) is 15.2. The molecule has 1 saturated heterocycles. The van der Waals surface area contributed by atoms with Crippen molar-refractivity contribution in [2.75, 3.05) is 20.2 Å². The van der Waals surface area contributed by atoms with Crippen LogP contribution in [0.3, 0.4) is 0 Å². The SMILES string of the molecule is CCCNC1CCCN(C(C)c2ccc(OC)cc2)C1=O. The second-order valence-electron chi connectivity index (χ2n) is 5.63. The number of methoxy groups -OCH3 is 1. The highest BCUT2D eigenvalue weighted by atomic mass is 16.5. The summed E-state index contributed by atoms with van der Waals surface area (Å²) in [6.45, 7) is 5.97. The lowest BCUT2D eigenvalue weighted by Crippen LogP contribution is -2.51. The van der Waals surface area contributed by atoms with Gasteiger partial charge in [0, 0.05) is 6.54 Å². The minimum atomic E-state index is -0.0144. The molecule has 0 saturated carbocycles. The molecule has 1 aromatic carbocycles. The molecule has 1 amide bonds. The van der Waals surface area contributed by atoms with Crippen molar-refractivity contribution in [2.45, 2.75) is 45.2 Å². The van der Waals surface area contributed by atoms with Crippen molar-refractivity contribution in [2.24, 2.45) is 0 Å². The van der Waals surface area contributed by atoms with E-state index in [1.807, 2.05) is 29.2 Å². The highest BCUT2D eigenvalue weighted by molar-refractivity contribution is 5.83. The summed E-state index contributed by atoms with van der Waals surface area (Å²) in [7, 11) is 1.66. The molecule has 116 valence electrons. The number of likely N-dealkylation sites (tertiary alicyclic amines) is 1. The number of nitrogens with zero attached hydrogens (tertiary/aromatic N) is 1. The van der Waals surface area contributed by atoms with Crippen LogP contribution in [-0.2, 0) is 4.79 Å². The molecule has 0 spiro atoms. The minimum Gasteiger partial charge on any atom is -0.497 e. The van der Waals surface area contributed by atoms with E-state index in [0.29, 0.717) is 0 Å². The van der Waals surface area contributed by atoms with E-state index in [2.05, 4.69) is 19.2 Å². The van der Waals surface area contributed by atoms with E-state index in [9.17, 15) is 4.79 Å². The van der Waals surface area contributed by atoms with E-state index in [1.165, 1.54) is 0 Å². The highest BCUT2D eigenvalue weighted by Gasteiger charge is 2.31. The Bertz CT molecular complexity index is 458. The predicted molar refractivity (Wildman–Crippen MR) is 84.4 cm³/mol. The summed E-state index contributed by atoms with van der Waals surface area (Å²) < 4.78 is 5.19. The van der Waals surface area contributed by atoms with Gasteiger partial charge in [0.1, 0.15) is 5.75 Å². The van der Waals surface area contributed by atoms with Crippen LogP contribution in [0.4, 0.5) is 0 Å². The average Bonchev–Trinajstić information content (AvgIpc) is 2.53. The van der Waals surface area contributed by atoms with Gasteiger partial charge in [0.15, 0.2) is 0 Å². The van der Waals surface area contributed by atoms with Gasteiger partial charge in [-0.25, -0.2) is 0 Å². The smallest absolute Gasteiger partial charge is 0.240 e. The molecule has 1 heterocycles. The predicted octanol–water partition coefficient (Wildman–Crippen LogP) is 2.75. The van der Waals surface area contributed by atoms with Crippen molar-refractivity contribution in [1.82, 2.24) is 10.2 Å². The lowest BCUT2D eigenvalue weighted by Gasteiger charge is -2.37.